The fraction of sp³-hybridized carbons (Fsp3) is 0. The van der Waals surface area contributed by atoms with Crippen LogP contribution in [0.2, 0.25) is 0 Å². The molecule has 0 atom stereocenters. The van der Waals surface area contributed by atoms with Gasteiger partial charge in [0, 0.05) is 67.7 Å². The van der Waals surface area contributed by atoms with Gasteiger partial charge < -0.3 is 0 Å². The zero-order valence-electron chi connectivity index (χ0n) is 1.44. The largest absolute Gasteiger partial charge is 0.0814 e. The van der Waals surface area contributed by atoms with Crippen molar-refractivity contribution in [1.82, 2.24) is 0 Å². The first-order valence-corrected chi connectivity index (χ1v) is 0. The molecule has 5 heavy (non-hydrogen) atoms. The molecule has 0 fully saturated rings. The van der Waals surface area contributed by atoms with Crippen molar-refractivity contribution in [2.45, 2.75) is 0 Å². The van der Waals surface area contributed by atoms with Crippen molar-refractivity contribution in [3.05, 3.63) is 0 Å². The molecular weight excluding hydrogens is 235 g/mol. The molecule has 0 saturated heterocycles. The molecule has 0 heterocycles. The second-order valence-corrected chi connectivity index (χ2v) is 0. The third-order valence-corrected chi connectivity index (χ3v) is 0. The van der Waals surface area contributed by atoms with Gasteiger partial charge in [0.1, 0.15) is 0 Å². The summed E-state index contributed by atoms with van der Waals surface area (Å²) in [7, 11) is 0. The average Bonchev–Trinajstić information content (AvgIpc) is 0. The van der Waals surface area contributed by atoms with Crippen LogP contribution in [0.3, 0.4) is 0 Å². The second kappa shape index (κ2) is 35.7. The molecule has 0 aromatic carbocycles. The molecular formula is H3BCoCrMnNi. The SMILES string of the molecule is B.[Co].[Cr].[Mn].[Ni]. The molecule has 38 valence electrons. The molecule has 0 saturated carbocycles. The Kier molecular flexibility index (Phi) is 425. The number of rotatable bonds is 0. The molecule has 0 amide bonds. The van der Waals surface area contributed by atoms with Gasteiger partial charge in [0.15, 0.2) is 0 Å². The van der Waals surface area contributed by atoms with Crippen molar-refractivity contribution in [1.29, 1.82) is 0 Å². The standard InChI is InChI=1S/BH3.Co.Cr.Mn.Ni/h1H3;;;;. The smallest absolute Gasteiger partial charge is 0 e. The van der Waals surface area contributed by atoms with Gasteiger partial charge >= 0.3 is 0 Å². The van der Waals surface area contributed by atoms with Gasteiger partial charge in [0.05, 0.1) is 8.41 Å². The van der Waals surface area contributed by atoms with Crippen molar-refractivity contribution in [3.8, 4) is 0 Å². The topological polar surface area (TPSA) is 0 Å². The fourth-order valence-corrected chi connectivity index (χ4v) is 0. The van der Waals surface area contributed by atoms with E-state index < -0.39 is 0 Å². The minimum absolute atomic E-state index is 0. The molecule has 0 aromatic rings. The molecule has 0 spiro atoms. The molecule has 0 aliphatic rings. The average molecular weight is 238 g/mol. The minimum atomic E-state index is 0. The predicted molar refractivity (Wildman–Crippen MR) is 9.94 cm³/mol. The van der Waals surface area contributed by atoms with Crippen molar-refractivity contribution in [3.63, 3.8) is 0 Å². The Bertz CT molecular complexity index is 11.6. The molecule has 0 aliphatic carbocycles. The van der Waals surface area contributed by atoms with E-state index >= 15 is 0 Å². The summed E-state index contributed by atoms with van der Waals surface area (Å²) in [5.74, 6) is 0. The maximum atomic E-state index is 0. The van der Waals surface area contributed by atoms with E-state index in [0.29, 0.717) is 0 Å². The van der Waals surface area contributed by atoms with Crippen LogP contribution in [0.25, 0.3) is 0 Å². The summed E-state index contributed by atoms with van der Waals surface area (Å²) in [5.41, 5.74) is 0. The van der Waals surface area contributed by atoms with Crippen LogP contribution in [-0.4, -0.2) is 8.41 Å². The van der Waals surface area contributed by atoms with Crippen LogP contribution in [0.15, 0.2) is 0 Å². The Morgan fingerprint density at radius 1 is 1.00 bits per heavy atom. The zero-order valence-corrected chi connectivity index (χ0v) is 5.92. The first kappa shape index (κ1) is 59.4. The van der Waals surface area contributed by atoms with Crippen LogP contribution >= 0.6 is 0 Å². The van der Waals surface area contributed by atoms with Crippen molar-refractivity contribution in [2.75, 3.05) is 0 Å². The summed E-state index contributed by atoms with van der Waals surface area (Å²) in [6.07, 6.45) is 0. The van der Waals surface area contributed by atoms with Gasteiger partial charge in [-0.1, -0.05) is 0 Å². The maximum absolute atomic E-state index is 0. The van der Waals surface area contributed by atoms with Crippen molar-refractivity contribution >= 4 is 8.41 Å². The minimum Gasteiger partial charge on any atom is 0 e. The third-order valence-electron chi connectivity index (χ3n) is 0. The van der Waals surface area contributed by atoms with Gasteiger partial charge in [0.25, 0.3) is 0 Å². The van der Waals surface area contributed by atoms with Gasteiger partial charge in [-0.25, -0.2) is 0 Å². The van der Waals surface area contributed by atoms with Crippen molar-refractivity contribution < 1.29 is 67.7 Å². The van der Waals surface area contributed by atoms with E-state index in [2.05, 4.69) is 0 Å². The fourth-order valence-electron chi connectivity index (χ4n) is 0. The molecule has 0 nitrogen and oxygen atoms in total. The van der Waals surface area contributed by atoms with E-state index in [1.54, 1.807) is 0 Å². The summed E-state index contributed by atoms with van der Waals surface area (Å²) in [5, 5.41) is 0. The Morgan fingerprint density at radius 3 is 1.00 bits per heavy atom. The van der Waals surface area contributed by atoms with Crippen molar-refractivity contribution in [2.24, 2.45) is 0 Å². The molecule has 0 aliphatic heterocycles. The summed E-state index contributed by atoms with van der Waals surface area (Å²) in [6.45, 7) is 0. The quantitative estimate of drug-likeness (QED) is 0.466. The van der Waals surface area contributed by atoms with Gasteiger partial charge in [-0.3, -0.25) is 0 Å². The van der Waals surface area contributed by atoms with Gasteiger partial charge in [-0.05, 0) is 0 Å². The summed E-state index contributed by atoms with van der Waals surface area (Å²) in [6, 6.07) is 0. The van der Waals surface area contributed by atoms with Gasteiger partial charge in [0.2, 0.25) is 0 Å². The molecule has 0 rings (SSSR count). The van der Waals surface area contributed by atoms with E-state index in [1.807, 2.05) is 0 Å². The maximum Gasteiger partial charge on any atom is 0.0814 e. The summed E-state index contributed by atoms with van der Waals surface area (Å²) < 4.78 is 0. The Hall–Kier alpha value is 2.12. The van der Waals surface area contributed by atoms with Crippen LogP contribution in [0.1, 0.15) is 0 Å². The van der Waals surface area contributed by atoms with Crippen LogP contribution in [0, 0.1) is 0 Å². The van der Waals surface area contributed by atoms with Crippen LogP contribution in [0.5, 0.6) is 0 Å². The molecule has 0 bridgehead atoms. The van der Waals surface area contributed by atoms with Gasteiger partial charge in [-0.15, -0.1) is 0 Å². The normalized spacial score (nSPS) is 0. The van der Waals surface area contributed by atoms with E-state index in [-0.39, 0.29) is 76.1 Å². The van der Waals surface area contributed by atoms with E-state index in [9.17, 15) is 0 Å². The monoisotopic (exact) mass is 238 g/mol. The van der Waals surface area contributed by atoms with Crippen LogP contribution < -0.4 is 0 Å². The van der Waals surface area contributed by atoms with Crippen LogP contribution in [0.4, 0.5) is 0 Å². The summed E-state index contributed by atoms with van der Waals surface area (Å²) in [4.78, 5) is 0. The van der Waals surface area contributed by atoms with Crippen LogP contribution in [-0.2, 0) is 67.7 Å². The van der Waals surface area contributed by atoms with E-state index in [0.717, 1.165) is 0 Å². The Balaban J connectivity index is 0. The molecule has 0 unspecified atom stereocenters. The molecule has 5 heteroatoms. The first-order valence-electron chi connectivity index (χ1n) is 0. The van der Waals surface area contributed by atoms with E-state index in [1.165, 1.54) is 0 Å². The molecule has 2 radical (unpaired) electrons. The predicted octanol–water partition coefficient (Wildman–Crippen LogP) is -1.19. The summed E-state index contributed by atoms with van der Waals surface area (Å²) >= 11 is 0. The molecule has 0 N–H and O–H groups in total. The number of hydrogen-bond acceptors (Lipinski definition) is 0. The first-order chi connectivity index (χ1) is 0. The molecule has 0 aromatic heterocycles. The Morgan fingerprint density at radius 2 is 1.00 bits per heavy atom. The van der Waals surface area contributed by atoms with Gasteiger partial charge in [-0.2, -0.15) is 0 Å². The third kappa shape index (κ3) is 23.1. The number of hydrogen-bond donors (Lipinski definition) is 0. The second-order valence-electron chi connectivity index (χ2n) is 0. The Labute approximate surface area is 75.5 Å². The van der Waals surface area contributed by atoms with E-state index in [4.69, 9.17) is 0 Å². The zero-order chi connectivity index (χ0) is 0.